The molecule has 1 nitrogen and oxygen atoms in total. The summed E-state index contributed by atoms with van der Waals surface area (Å²) in [5.74, 6) is 0. The molecule has 2 aliphatic rings. The van der Waals surface area contributed by atoms with Crippen molar-refractivity contribution in [2.75, 3.05) is 5.32 Å². The van der Waals surface area contributed by atoms with E-state index in [2.05, 4.69) is 43.4 Å². The van der Waals surface area contributed by atoms with E-state index in [0.29, 0.717) is 0 Å². The van der Waals surface area contributed by atoms with Crippen LogP contribution in [0, 0.1) is 6.92 Å². The van der Waals surface area contributed by atoms with Crippen LogP contribution in [-0.2, 0) is 0 Å². The van der Waals surface area contributed by atoms with Crippen LogP contribution in [0.2, 0.25) is 0 Å². The van der Waals surface area contributed by atoms with Crippen molar-refractivity contribution < 1.29 is 0 Å². The highest BCUT2D eigenvalue weighted by Gasteiger charge is 2.36. The van der Waals surface area contributed by atoms with Crippen LogP contribution in [0.5, 0.6) is 0 Å². The number of hydrogen-bond acceptors (Lipinski definition) is 1. The fourth-order valence-corrected chi connectivity index (χ4v) is 2.89. The number of hydrogen-bond donors (Lipinski definition) is 1. The fourth-order valence-electron chi connectivity index (χ4n) is 2.89. The smallest absolute Gasteiger partial charge is 0.0560 e. The quantitative estimate of drug-likeness (QED) is 0.671. The van der Waals surface area contributed by atoms with Crippen LogP contribution in [0.4, 0.5) is 5.69 Å². The Morgan fingerprint density at radius 2 is 2.20 bits per heavy atom. The minimum absolute atomic E-state index is 0.235. The molecule has 1 heteroatoms. The average Bonchev–Trinajstić information content (AvgIpc) is 2.57. The summed E-state index contributed by atoms with van der Waals surface area (Å²) in [6.07, 6.45) is 6.25. The van der Waals surface area contributed by atoms with Crippen LogP contribution >= 0.6 is 0 Å². The molecular formula is C14H17N. The van der Waals surface area contributed by atoms with E-state index in [-0.39, 0.29) is 5.54 Å². The first-order valence-electron chi connectivity index (χ1n) is 5.78. The fraction of sp³-hybridized carbons (Fsp3) is 0.429. The van der Waals surface area contributed by atoms with E-state index in [1.54, 1.807) is 5.57 Å². The van der Waals surface area contributed by atoms with Gasteiger partial charge in [-0.1, -0.05) is 24.3 Å². The van der Waals surface area contributed by atoms with Gasteiger partial charge in [-0.15, -0.1) is 0 Å². The molecule has 1 fully saturated rings. The van der Waals surface area contributed by atoms with Gasteiger partial charge in [0, 0.05) is 5.69 Å². The Kier molecular flexibility index (Phi) is 1.73. The van der Waals surface area contributed by atoms with E-state index in [9.17, 15) is 0 Å². The van der Waals surface area contributed by atoms with Gasteiger partial charge in [-0.2, -0.15) is 0 Å². The number of aryl methyl sites for hydroxylation is 1. The summed E-state index contributed by atoms with van der Waals surface area (Å²) >= 11 is 0. The normalized spacial score (nSPS) is 27.7. The second kappa shape index (κ2) is 2.88. The number of nitrogens with one attached hydrogen (secondary N) is 1. The number of benzene rings is 1. The SMILES string of the molecule is Cc1cccc2c1NC1(C)CCCC1=C2. The van der Waals surface area contributed by atoms with E-state index < -0.39 is 0 Å². The summed E-state index contributed by atoms with van der Waals surface area (Å²) in [6.45, 7) is 4.52. The Labute approximate surface area is 91.2 Å². The largest absolute Gasteiger partial charge is 0.375 e. The molecule has 1 atom stereocenters. The van der Waals surface area contributed by atoms with Gasteiger partial charge < -0.3 is 5.32 Å². The second-order valence-electron chi connectivity index (χ2n) is 5.02. The Balaban J connectivity index is 2.17. The topological polar surface area (TPSA) is 12.0 Å². The maximum absolute atomic E-state index is 3.74. The lowest BCUT2D eigenvalue weighted by atomic mass is 9.88. The zero-order valence-corrected chi connectivity index (χ0v) is 9.43. The summed E-state index contributed by atoms with van der Waals surface area (Å²) in [5.41, 5.74) is 5.88. The van der Waals surface area contributed by atoms with Gasteiger partial charge in [0.2, 0.25) is 0 Å². The van der Waals surface area contributed by atoms with E-state index in [1.165, 1.54) is 36.1 Å². The third kappa shape index (κ3) is 1.22. The van der Waals surface area contributed by atoms with Gasteiger partial charge in [0.15, 0.2) is 0 Å². The van der Waals surface area contributed by atoms with Crippen LogP contribution < -0.4 is 5.32 Å². The summed E-state index contributed by atoms with van der Waals surface area (Å²) in [7, 11) is 0. The predicted octanol–water partition coefficient (Wildman–Crippen LogP) is 3.75. The van der Waals surface area contributed by atoms with Crippen molar-refractivity contribution in [1.29, 1.82) is 0 Å². The van der Waals surface area contributed by atoms with E-state index in [1.807, 2.05) is 0 Å². The highest BCUT2D eigenvalue weighted by molar-refractivity contribution is 5.77. The predicted molar refractivity (Wildman–Crippen MR) is 65.0 cm³/mol. The zero-order chi connectivity index (χ0) is 10.5. The van der Waals surface area contributed by atoms with Gasteiger partial charge in [0.05, 0.1) is 5.54 Å². The van der Waals surface area contributed by atoms with Crippen molar-refractivity contribution in [1.82, 2.24) is 0 Å². The lowest BCUT2D eigenvalue weighted by molar-refractivity contribution is 0.610. The van der Waals surface area contributed by atoms with Gasteiger partial charge in [0.25, 0.3) is 0 Å². The summed E-state index contributed by atoms with van der Waals surface area (Å²) in [6, 6.07) is 6.54. The van der Waals surface area contributed by atoms with Crippen molar-refractivity contribution in [3.05, 3.63) is 34.9 Å². The standard InChI is InChI=1S/C14H17N/c1-10-5-3-6-11-9-12-7-4-8-14(12,2)15-13(10)11/h3,5-6,9,15H,4,7-8H2,1-2H3. The molecule has 1 aromatic rings. The highest BCUT2D eigenvalue weighted by atomic mass is 15.0. The highest BCUT2D eigenvalue weighted by Crippen LogP contribution is 2.44. The molecule has 0 saturated heterocycles. The summed E-state index contributed by atoms with van der Waals surface area (Å²) < 4.78 is 0. The van der Waals surface area contributed by atoms with E-state index >= 15 is 0 Å². The molecule has 1 aliphatic carbocycles. The third-order valence-electron chi connectivity index (χ3n) is 3.87. The van der Waals surface area contributed by atoms with Crippen LogP contribution in [0.1, 0.15) is 37.3 Å². The first kappa shape index (κ1) is 9.02. The van der Waals surface area contributed by atoms with Crippen LogP contribution in [0.25, 0.3) is 6.08 Å². The number of anilines is 1. The zero-order valence-electron chi connectivity index (χ0n) is 9.43. The maximum atomic E-state index is 3.74. The number of para-hydroxylation sites is 1. The Hall–Kier alpha value is -1.24. The van der Waals surface area contributed by atoms with Crippen molar-refractivity contribution in [3.8, 4) is 0 Å². The minimum atomic E-state index is 0.235. The molecule has 1 aromatic carbocycles. The van der Waals surface area contributed by atoms with Crippen molar-refractivity contribution in [2.24, 2.45) is 0 Å². The first-order valence-corrected chi connectivity index (χ1v) is 5.78. The third-order valence-corrected chi connectivity index (χ3v) is 3.87. The molecule has 1 aliphatic heterocycles. The van der Waals surface area contributed by atoms with Gasteiger partial charge >= 0.3 is 0 Å². The lowest BCUT2D eigenvalue weighted by Gasteiger charge is -2.34. The summed E-state index contributed by atoms with van der Waals surface area (Å²) in [4.78, 5) is 0. The molecule has 1 N–H and O–H groups in total. The van der Waals surface area contributed by atoms with Gasteiger partial charge in [-0.25, -0.2) is 0 Å². The maximum Gasteiger partial charge on any atom is 0.0560 e. The molecule has 78 valence electrons. The molecule has 0 amide bonds. The Morgan fingerprint density at radius 1 is 1.33 bits per heavy atom. The van der Waals surface area contributed by atoms with Crippen molar-refractivity contribution in [2.45, 2.75) is 38.6 Å². The summed E-state index contributed by atoms with van der Waals surface area (Å²) in [5, 5.41) is 3.74. The Bertz CT molecular complexity index is 445. The molecule has 3 rings (SSSR count). The van der Waals surface area contributed by atoms with Crippen LogP contribution in [-0.4, -0.2) is 5.54 Å². The van der Waals surface area contributed by atoms with Crippen molar-refractivity contribution in [3.63, 3.8) is 0 Å². The van der Waals surface area contributed by atoms with Crippen LogP contribution in [0.15, 0.2) is 23.8 Å². The first-order chi connectivity index (χ1) is 7.19. The molecule has 0 aromatic heterocycles. The van der Waals surface area contributed by atoms with Crippen molar-refractivity contribution >= 4 is 11.8 Å². The van der Waals surface area contributed by atoms with Gasteiger partial charge in [-0.3, -0.25) is 0 Å². The molecule has 1 heterocycles. The van der Waals surface area contributed by atoms with E-state index in [0.717, 1.165) is 0 Å². The van der Waals surface area contributed by atoms with Crippen LogP contribution in [0.3, 0.4) is 0 Å². The lowest BCUT2D eigenvalue weighted by Crippen LogP contribution is -2.35. The second-order valence-corrected chi connectivity index (χ2v) is 5.02. The molecule has 0 radical (unpaired) electrons. The molecule has 15 heavy (non-hydrogen) atoms. The average molecular weight is 199 g/mol. The number of rotatable bonds is 0. The molecule has 1 unspecified atom stereocenters. The molecular weight excluding hydrogens is 182 g/mol. The van der Waals surface area contributed by atoms with Gasteiger partial charge in [0.1, 0.15) is 0 Å². The monoisotopic (exact) mass is 199 g/mol. The minimum Gasteiger partial charge on any atom is -0.375 e. The molecule has 1 saturated carbocycles. The van der Waals surface area contributed by atoms with Gasteiger partial charge in [-0.05, 0) is 49.8 Å². The molecule has 0 spiro atoms. The Morgan fingerprint density at radius 3 is 3.07 bits per heavy atom. The molecule has 0 bridgehead atoms. The van der Waals surface area contributed by atoms with E-state index in [4.69, 9.17) is 0 Å². The number of fused-ring (bicyclic) bond motifs is 2.